The third-order valence-corrected chi connectivity index (χ3v) is 6.84. The zero-order valence-electron chi connectivity index (χ0n) is 18.1. The molecule has 4 N–H and O–H groups in total. The molecule has 0 bridgehead atoms. The molecule has 2 aromatic carbocycles. The zero-order chi connectivity index (χ0) is 23.4. The standard InChI is InChI=1S/C23H25BrFN5O2S/c1-23(32,16-3-5-17(24)6-4-16)20-14-33-22(28-20)29-21(31)27-13-15-2-7-19(18(25)12-15)30-10-8-26-9-11-30/h2-7,12,14,26,32H,8-11,13H2,1H3,(H2,27,28,29,31). The molecule has 1 aliphatic rings. The molecule has 1 unspecified atom stereocenters. The van der Waals surface area contributed by atoms with Crippen molar-refractivity contribution in [2.75, 3.05) is 36.4 Å². The van der Waals surface area contributed by atoms with E-state index in [1.165, 1.54) is 17.4 Å². The van der Waals surface area contributed by atoms with E-state index < -0.39 is 11.6 Å². The summed E-state index contributed by atoms with van der Waals surface area (Å²) in [5.41, 5.74) is 1.09. The first-order chi connectivity index (χ1) is 15.8. The summed E-state index contributed by atoms with van der Waals surface area (Å²) in [5, 5.41) is 21.7. The Hall–Kier alpha value is -2.53. The first kappa shape index (κ1) is 23.6. The maximum atomic E-state index is 14.6. The SMILES string of the molecule is CC(O)(c1ccc(Br)cc1)c1csc(NC(=O)NCc2ccc(N3CCNCC3)c(F)c2)n1. The minimum absolute atomic E-state index is 0.180. The number of halogens is 2. The molecule has 33 heavy (non-hydrogen) atoms. The molecular formula is C23H25BrFN5O2S. The first-order valence-electron chi connectivity index (χ1n) is 10.6. The van der Waals surface area contributed by atoms with Crippen molar-refractivity contribution in [3.05, 3.63) is 75.0 Å². The summed E-state index contributed by atoms with van der Waals surface area (Å²) in [5.74, 6) is -0.295. The van der Waals surface area contributed by atoms with Crippen LogP contribution in [0.15, 0.2) is 52.3 Å². The fraction of sp³-hybridized carbons (Fsp3) is 0.304. The Bertz CT molecular complexity index is 1120. The number of piperazine rings is 1. The van der Waals surface area contributed by atoms with Gasteiger partial charge in [0.2, 0.25) is 0 Å². The van der Waals surface area contributed by atoms with Gasteiger partial charge in [-0.05, 0) is 42.3 Å². The van der Waals surface area contributed by atoms with Crippen LogP contribution in [-0.4, -0.2) is 42.3 Å². The second kappa shape index (κ2) is 10.2. The molecule has 3 aromatic rings. The topological polar surface area (TPSA) is 89.5 Å². The van der Waals surface area contributed by atoms with Crippen LogP contribution in [0.3, 0.4) is 0 Å². The third-order valence-electron chi connectivity index (χ3n) is 5.55. The van der Waals surface area contributed by atoms with Crippen LogP contribution >= 0.6 is 27.3 Å². The van der Waals surface area contributed by atoms with Gasteiger partial charge in [-0.25, -0.2) is 14.2 Å². The number of benzene rings is 2. The summed E-state index contributed by atoms with van der Waals surface area (Å²) in [7, 11) is 0. The van der Waals surface area contributed by atoms with Gasteiger partial charge in [-0.3, -0.25) is 5.32 Å². The summed E-state index contributed by atoms with van der Waals surface area (Å²) in [4.78, 5) is 18.7. The number of amides is 2. The summed E-state index contributed by atoms with van der Waals surface area (Å²) < 4.78 is 15.5. The summed E-state index contributed by atoms with van der Waals surface area (Å²) in [6, 6.07) is 11.9. The number of hydrogen-bond acceptors (Lipinski definition) is 6. The van der Waals surface area contributed by atoms with E-state index in [4.69, 9.17) is 0 Å². The lowest BCUT2D eigenvalue weighted by Crippen LogP contribution is -2.43. The fourth-order valence-corrected chi connectivity index (χ4v) is 4.70. The number of carbonyl (C=O) groups excluding carboxylic acids is 1. The maximum Gasteiger partial charge on any atom is 0.321 e. The lowest BCUT2D eigenvalue weighted by Gasteiger charge is -2.29. The number of aromatic nitrogens is 1. The lowest BCUT2D eigenvalue weighted by molar-refractivity contribution is 0.0982. The molecule has 10 heteroatoms. The predicted molar refractivity (Wildman–Crippen MR) is 132 cm³/mol. The van der Waals surface area contributed by atoms with Gasteiger partial charge in [-0.15, -0.1) is 11.3 Å². The molecule has 0 radical (unpaired) electrons. The van der Waals surface area contributed by atoms with E-state index in [0.717, 1.165) is 30.7 Å². The molecule has 1 atom stereocenters. The van der Waals surface area contributed by atoms with E-state index in [1.807, 2.05) is 35.2 Å². The highest BCUT2D eigenvalue weighted by Gasteiger charge is 2.28. The van der Waals surface area contributed by atoms with Gasteiger partial charge in [-0.2, -0.15) is 0 Å². The predicted octanol–water partition coefficient (Wildman–Crippen LogP) is 4.03. The van der Waals surface area contributed by atoms with Crippen molar-refractivity contribution in [3.8, 4) is 0 Å². The number of nitrogens with one attached hydrogen (secondary N) is 3. The van der Waals surface area contributed by atoms with Crippen LogP contribution in [0, 0.1) is 5.82 Å². The molecule has 1 fully saturated rings. The molecule has 1 aliphatic heterocycles. The number of aliphatic hydroxyl groups is 1. The number of nitrogens with zero attached hydrogens (tertiary/aromatic N) is 2. The van der Waals surface area contributed by atoms with Gasteiger partial charge in [0.05, 0.1) is 11.4 Å². The molecule has 4 rings (SSSR count). The highest BCUT2D eigenvalue weighted by Crippen LogP contribution is 2.32. The molecule has 0 spiro atoms. The Morgan fingerprint density at radius 2 is 2.00 bits per heavy atom. The van der Waals surface area contributed by atoms with Crippen molar-refractivity contribution in [2.45, 2.75) is 19.1 Å². The van der Waals surface area contributed by atoms with E-state index in [-0.39, 0.29) is 12.4 Å². The number of urea groups is 1. The van der Waals surface area contributed by atoms with Gasteiger partial charge in [0.25, 0.3) is 0 Å². The van der Waals surface area contributed by atoms with E-state index in [1.54, 1.807) is 18.4 Å². The van der Waals surface area contributed by atoms with Crippen molar-refractivity contribution < 1.29 is 14.3 Å². The van der Waals surface area contributed by atoms with Crippen LogP contribution in [0.2, 0.25) is 0 Å². The van der Waals surface area contributed by atoms with E-state index in [9.17, 15) is 14.3 Å². The molecular weight excluding hydrogens is 509 g/mol. The molecule has 1 aromatic heterocycles. The zero-order valence-corrected chi connectivity index (χ0v) is 20.5. The quantitative estimate of drug-likeness (QED) is 0.384. The van der Waals surface area contributed by atoms with Crippen LogP contribution < -0.4 is 20.9 Å². The average Bonchev–Trinajstić information content (AvgIpc) is 3.28. The number of carbonyl (C=O) groups is 1. The molecule has 7 nitrogen and oxygen atoms in total. The van der Waals surface area contributed by atoms with Crippen LogP contribution in [0.4, 0.5) is 20.0 Å². The average molecular weight is 534 g/mol. The third kappa shape index (κ3) is 5.70. The smallest absolute Gasteiger partial charge is 0.321 e. The first-order valence-corrected chi connectivity index (χ1v) is 12.2. The highest BCUT2D eigenvalue weighted by molar-refractivity contribution is 9.10. The van der Waals surface area contributed by atoms with Crippen LogP contribution in [0.1, 0.15) is 23.7 Å². The van der Waals surface area contributed by atoms with E-state index in [2.05, 4.69) is 36.9 Å². The Morgan fingerprint density at radius 3 is 2.70 bits per heavy atom. The van der Waals surface area contributed by atoms with Gasteiger partial charge in [0, 0.05) is 42.6 Å². The minimum Gasteiger partial charge on any atom is -0.379 e. The molecule has 1 saturated heterocycles. The van der Waals surface area contributed by atoms with Crippen molar-refractivity contribution >= 4 is 44.1 Å². The van der Waals surface area contributed by atoms with Gasteiger partial charge < -0.3 is 20.6 Å². The largest absolute Gasteiger partial charge is 0.379 e. The number of anilines is 2. The second-order valence-electron chi connectivity index (χ2n) is 7.95. The molecule has 2 amide bonds. The molecule has 0 aliphatic carbocycles. The van der Waals surface area contributed by atoms with Gasteiger partial charge in [0.1, 0.15) is 11.4 Å². The lowest BCUT2D eigenvalue weighted by atomic mass is 9.93. The maximum absolute atomic E-state index is 14.6. The van der Waals surface area contributed by atoms with Crippen LogP contribution in [0.5, 0.6) is 0 Å². The van der Waals surface area contributed by atoms with Gasteiger partial charge in [-0.1, -0.05) is 34.1 Å². The van der Waals surface area contributed by atoms with Gasteiger partial charge in [0.15, 0.2) is 5.13 Å². The normalized spacial score (nSPS) is 15.7. The van der Waals surface area contributed by atoms with Crippen molar-refractivity contribution in [3.63, 3.8) is 0 Å². The van der Waals surface area contributed by atoms with Crippen LogP contribution in [-0.2, 0) is 12.1 Å². The Morgan fingerprint density at radius 1 is 1.27 bits per heavy atom. The summed E-state index contributed by atoms with van der Waals surface area (Å²) >= 11 is 4.60. The van der Waals surface area contributed by atoms with Crippen LogP contribution in [0.25, 0.3) is 0 Å². The highest BCUT2D eigenvalue weighted by atomic mass is 79.9. The number of hydrogen-bond donors (Lipinski definition) is 4. The molecule has 0 saturated carbocycles. The number of rotatable bonds is 6. The van der Waals surface area contributed by atoms with Crippen molar-refractivity contribution in [1.82, 2.24) is 15.6 Å². The van der Waals surface area contributed by atoms with Crippen molar-refractivity contribution in [2.24, 2.45) is 0 Å². The van der Waals surface area contributed by atoms with Crippen molar-refractivity contribution in [1.29, 1.82) is 0 Å². The number of thiazole rings is 1. The Balaban J connectivity index is 1.33. The Kier molecular flexibility index (Phi) is 7.28. The van der Waals surface area contributed by atoms with Gasteiger partial charge >= 0.3 is 6.03 Å². The molecule has 2 heterocycles. The van der Waals surface area contributed by atoms with E-state index >= 15 is 0 Å². The monoisotopic (exact) mass is 533 g/mol. The fourth-order valence-electron chi connectivity index (χ4n) is 3.62. The van der Waals surface area contributed by atoms with E-state index in [0.29, 0.717) is 27.6 Å². The molecule has 174 valence electrons. The summed E-state index contributed by atoms with van der Waals surface area (Å²) in [6.07, 6.45) is 0. The summed E-state index contributed by atoms with van der Waals surface area (Å²) in [6.45, 7) is 5.04. The Labute approximate surface area is 204 Å². The second-order valence-corrected chi connectivity index (χ2v) is 9.72. The minimum atomic E-state index is -1.29.